The van der Waals surface area contributed by atoms with E-state index >= 15 is 0 Å². The van der Waals surface area contributed by atoms with Crippen LogP contribution in [-0.2, 0) is 12.2 Å². The van der Waals surface area contributed by atoms with Crippen LogP contribution < -0.4 is 0 Å². The molecule has 6 heteroatoms. The van der Waals surface area contributed by atoms with Gasteiger partial charge in [-0.3, -0.25) is 0 Å². The summed E-state index contributed by atoms with van der Waals surface area (Å²) in [6, 6.07) is -0.0986. The lowest BCUT2D eigenvalue weighted by Gasteiger charge is -2.03. The zero-order valence-corrected chi connectivity index (χ0v) is 7.02. The average Bonchev–Trinajstić information content (AvgIpc) is 2.46. The Morgan fingerprint density at radius 2 is 2.08 bits per heavy atom. The Balaban J connectivity index is 3.21. The molecule has 1 aromatic heterocycles. The topological polar surface area (TPSA) is 9.29 Å². The fourth-order valence-electron chi connectivity index (χ4n) is 0.872. The van der Waals surface area contributed by atoms with Gasteiger partial charge < -0.3 is 4.57 Å². The van der Waals surface area contributed by atoms with Gasteiger partial charge in [0, 0.05) is 12.4 Å². The predicted octanol–water partition coefficient (Wildman–Crippen LogP) is 3.25. The molecule has 0 atom stereocenters. The summed E-state index contributed by atoms with van der Waals surface area (Å²) < 4.78 is 37.7. The summed E-state index contributed by atoms with van der Waals surface area (Å²) in [7, 11) is 0. The van der Waals surface area contributed by atoms with Gasteiger partial charge in [-0.15, -0.1) is 11.6 Å². The van der Waals surface area contributed by atoms with Crippen molar-refractivity contribution in [2.24, 2.45) is 0 Å². The quantitative estimate of drug-likeness (QED) is 0.495. The maximum Gasteiger partial charge on any atom is 0.408 e. The van der Waals surface area contributed by atoms with Crippen LogP contribution in [0.15, 0.2) is 12.4 Å². The van der Waals surface area contributed by atoms with Crippen molar-refractivity contribution in [1.29, 1.82) is 0 Å². The van der Waals surface area contributed by atoms with E-state index in [-0.39, 0.29) is 6.00 Å². The summed E-state index contributed by atoms with van der Waals surface area (Å²) in [5.41, 5.74) is -1.36. The lowest BCUT2D eigenvalue weighted by Crippen LogP contribution is -2.03. The molecule has 0 unspecified atom stereocenters. The highest BCUT2D eigenvalue weighted by atomic mass is 35.5. The molecule has 0 aliphatic rings. The van der Waals surface area contributed by atoms with Gasteiger partial charge in [-0.25, -0.2) is 4.85 Å². The molecule has 0 bridgehead atoms. The van der Waals surface area contributed by atoms with Gasteiger partial charge in [0.25, 0.3) is 0 Å². The number of hydrogen-bond acceptors (Lipinski definition) is 0. The summed E-state index contributed by atoms with van der Waals surface area (Å²) in [5, 5.41) is 0. The van der Waals surface area contributed by atoms with Crippen LogP contribution in [0, 0.1) is 6.57 Å². The second kappa shape index (κ2) is 3.30. The van der Waals surface area contributed by atoms with E-state index in [0.717, 1.165) is 17.0 Å². The highest BCUT2D eigenvalue weighted by Crippen LogP contribution is 2.37. The number of rotatable bonds is 1. The van der Waals surface area contributed by atoms with E-state index in [2.05, 4.69) is 4.85 Å². The Morgan fingerprint density at radius 3 is 2.38 bits per heavy atom. The molecule has 70 valence electrons. The first-order chi connectivity index (χ1) is 5.99. The third-order valence-electron chi connectivity index (χ3n) is 1.42. The molecule has 0 spiro atoms. The third kappa shape index (κ3) is 1.95. The molecule has 0 saturated carbocycles. The van der Waals surface area contributed by atoms with E-state index in [0.29, 0.717) is 0 Å². The highest BCUT2D eigenvalue weighted by molar-refractivity contribution is 6.15. The van der Waals surface area contributed by atoms with Crippen LogP contribution in [-0.4, -0.2) is 4.57 Å². The summed E-state index contributed by atoms with van der Waals surface area (Å²) in [6.07, 6.45) is -2.60. The molecule has 1 aromatic rings. The molecule has 0 amide bonds. The molecule has 0 N–H and O–H groups in total. The average molecular weight is 209 g/mol. The first-order valence-corrected chi connectivity index (χ1v) is 3.73. The fourth-order valence-corrected chi connectivity index (χ4v) is 1.01. The number of aromatic nitrogens is 1. The minimum Gasteiger partial charge on any atom is -0.351 e. The Bertz CT molecular complexity index is 348. The molecule has 0 aromatic carbocycles. The van der Waals surface area contributed by atoms with Crippen molar-refractivity contribution in [3.8, 4) is 0 Å². The van der Waals surface area contributed by atoms with Crippen molar-refractivity contribution in [3.05, 3.63) is 29.4 Å². The Hall–Kier alpha value is -1.15. The molecule has 0 saturated heterocycles. The van der Waals surface area contributed by atoms with E-state index in [4.69, 9.17) is 18.2 Å². The second-order valence-electron chi connectivity index (χ2n) is 2.30. The smallest absolute Gasteiger partial charge is 0.351 e. The van der Waals surface area contributed by atoms with E-state index in [1.54, 1.807) is 0 Å². The molecule has 0 aliphatic carbocycles. The first kappa shape index (κ1) is 9.93. The van der Waals surface area contributed by atoms with Gasteiger partial charge >= 0.3 is 6.18 Å². The van der Waals surface area contributed by atoms with Crippen molar-refractivity contribution in [3.63, 3.8) is 0 Å². The summed E-state index contributed by atoms with van der Waals surface area (Å²) in [6.45, 7) is 6.52. The number of nitrogens with zero attached hydrogens (tertiary/aromatic N) is 2. The fraction of sp³-hybridized carbons (Fsp3) is 0.286. The van der Waals surface area contributed by atoms with Gasteiger partial charge in [-0.2, -0.15) is 13.2 Å². The van der Waals surface area contributed by atoms with E-state index in [1.807, 2.05) is 0 Å². The van der Waals surface area contributed by atoms with Gasteiger partial charge in [-0.05, 0) is 0 Å². The standard InChI is InChI=1S/C7H4ClF3N2/c1-12-6-3-13(4-8)2-5(6)7(9,10)11/h2-3H,4H2. The van der Waals surface area contributed by atoms with Crippen LogP contribution in [0.5, 0.6) is 0 Å². The highest BCUT2D eigenvalue weighted by Gasteiger charge is 2.34. The molecule has 1 rings (SSSR count). The van der Waals surface area contributed by atoms with E-state index in [9.17, 15) is 13.2 Å². The third-order valence-corrected chi connectivity index (χ3v) is 1.70. The summed E-state index contributed by atoms with van der Waals surface area (Å²) in [4.78, 5) is 2.76. The van der Waals surface area contributed by atoms with Gasteiger partial charge in [0.1, 0.15) is 0 Å². The zero-order valence-electron chi connectivity index (χ0n) is 6.27. The number of alkyl halides is 4. The molecule has 0 aliphatic heterocycles. The van der Waals surface area contributed by atoms with Crippen molar-refractivity contribution >= 4 is 17.3 Å². The predicted molar refractivity (Wildman–Crippen MR) is 41.5 cm³/mol. The van der Waals surface area contributed by atoms with Crippen LogP contribution >= 0.6 is 11.6 Å². The second-order valence-corrected chi connectivity index (χ2v) is 2.54. The normalized spacial score (nSPS) is 11.3. The molecular formula is C7H4ClF3N2. The van der Waals surface area contributed by atoms with Crippen molar-refractivity contribution in [2.45, 2.75) is 12.2 Å². The Labute approximate surface area is 77.3 Å². The van der Waals surface area contributed by atoms with Gasteiger partial charge in [-0.1, -0.05) is 0 Å². The first-order valence-electron chi connectivity index (χ1n) is 3.19. The maximum absolute atomic E-state index is 12.2. The van der Waals surface area contributed by atoms with Crippen LogP contribution in [0.3, 0.4) is 0 Å². The zero-order chi connectivity index (χ0) is 10.1. The van der Waals surface area contributed by atoms with E-state index < -0.39 is 17.4 Å². The van der Waals surface area contributed by atoms with Crippen molar-refractivity contribution in [2.75, 3.05) is 0 Å². The lowest BCUT2D eigenvalue weighted by molar-refractivity contribution is -0.136. The van der Waals surface area contributed by atoms with Crippen molar-refractivity contribution in [1.82, 2.24) is 4.57 Å². The molecular weight excluding hydrogens is 205 g/mol. The van der Waals surface area contributed by atoms with E-state index in [1.165, 1.54) is 0 Å². The lowest BCUT2D eigenvalue weighted by atomic mass is 10.3. The molecule has 1 heterocycles. The molecule has 2 nitrogen and oxygen atoms in total. The van der Waals surface area contributed by atoms with Crippen LogP contribution in [0.1, 0.15) is 5.56 Å². The van der Waals surface area contributed by atoms with Gasteiger partial charge in [0.2, 0.25) is 5.69 Å². The van der Waals surface area contributed by atoms with Crippen LogP contribution in [0.2, 0.25) is 0 Å². The van der Waals surface area contributed by atoms with Crippen LogP contribution in [0.4, 0.5) is 18.9 Å². The number of halogens is 4. The van der Waals surface area contributed by atoms with Gasteiger partial charge in [0.15, 0.2) is 0 Å². The van der Waals surface area contributed by atoms with Gasteiger partial charge in [0.05, 0.1) is 18.1 Å². The van der Waals surface area contributed by atoms with Crippen LogP contribution in [0.25, 0.3) is 4.85 Å². The maximum atomic E-state index is 12.2. The molecule has 0 radical (unpaired) electrons. The SMILES string of the molecule is [C-]#[N+]c1cn(CCl)cc1C(F)(F)F. The van der Waals surface area contributed by atoms with Crippen molar-refractivity contribution < 1.29 is 13.2 Å². The largest absolute Gasteiger partial charge is 0.408 e. The minimum atomic E-state index is -4.49. The minimum absolute atomic E-state index is 0.0986. The summed E-state index contributed by atoms with van der Waals surface area (Å²) >= 11 is 5.31. The Kier molecular flexibility index (Phi) is 2.52. The molecule has 0 fully saturated rings. The monoisotopic (exact) mass is 208 g/mol. The molecule has 13 heavy (non-hydrogen) atoms. The number of hydrogen-bond donors (Lipinski definition) is 0. The Morgan fingerprint density at radius 1 is 1.46 bits per heavy atom. The summed E-state index contributed by atoms with van der Waals surface area (Å²) in [5.74, 6) is 0.